The standard InChI is InChI=1S/C13H9ClO3S.K.H/c14-12-6-5-10-9-4-2-1-3-8(9)7-11(10)13(12)18(15,16)17;;/h1-6H,7H2,(H,15,16,17);;/q;+1;-1. The van der Waals surface area contributed by atoms with Crippen LogP contribution in [0.25, 0.3) is 11.1 Å². The summed E-state index contributed by atoms with van der Waals surface area (Å²) in [5.74, 6) is 0. The van der Waals surface area contributed by atoms with E-state index < -0.39 is 10.1 Å². The van der Waals surface area contributed by atoms with Crippen molar-refractivity contribution in [1.82, 2.24) is 0 Å². The van der Waals surface area contributed by atoms with Gasteiger partial charge in [0.2, 0.25) is 0 Å². The molecule has 0 heterocycles. The van der Waals surface area contributed by atoms with Gasteiger partial charge < -0.3 is 1.43 Å². The molecular weight excluding hydrogens is 311 g/mol. The van der Waals surface area contributed by atoms with Crippen LogP contribution < -0.4 is 51.4 Å². The minimum Gasteiger partial charge on any atom is -1.00 e. The average molecular weight is 321 g/mol. The van der Waals surface area contributed by atoms with Gasteiger partial charge in [-0.15, -0.1) is 0 Å². The zero-order valence-corrected chi connectivity index (χ0v) is 14.9. The first-order valence-electron chi connectivity index (χ1n) is 5.35. The molecule has 2 aromatic carbocycles. The average Bonchev–Trinajstić information content (AvgIpc) is 2.64. The summed E-state index contributed by atoms with van der Waals surface area (Å²) in [5, 5.41) is 0.0593. The Hall–Kier alpha value is 0.276. The third-order valence-corrected chi connectivity index (χ3v) is 4.55. The maximum atomic E-state index is 11.4. The van der Waals surface area contributed by atoms with Crippen molar-refractivity contribution in [3.8, 4) is 11.1 Å². The van der Waals surface area contributed by atoms with Gasteiger partial charge in [-0.05, 0) is 28.3 Å². The van der Waals surface area contributed by atoms with Crippen molar-refractivity contribution in [2.75, 3.05) is 0 Å². The molecule has 1 aliphatic carbocycles. The van der Waals surface area contributed by atoms with Crippen LogP contribution in [0.1, 0.15) is 12.6 Å². The Morgan fingerprint density at radius 3 is 2.47 bits per heavy atom. The van der Waals surface area contributed by atoms with Crippen molar-refractivity contribution in [3.05, 3.63) is 52.5 Å². The molecule has 3 nitrogen and oxygen atoms in total. The predicted molar refractivity (Wildman–Crippen MR) is 70.6 cm³/mol. The number of hydrogen-bond acceptors (Lipinski definition) is 2. The molecule has 0 aliphatic heterocycles. The van der Waals surface area contributed by atoms with Crippen LogP contribution >= 0.6 is 11.6 Å². The van der Waals surface area contributed by atoms with Crippen molar-refractivity contribution < 1.29 is 65.8 Å². The van der Waals surface area contributed by atoms with Crippen LogP contribution in [-0.4, -0.2) is 13.0 Å². The molecule has 1 N–H and O–H groups in total. The number of rotatable bonds is 1. The fourth-order valence-corrected chi connectivity index (χ4v) is 3.71. The van der Waals surface area contributed by atoms with E-state index in [9.17, 15) is 13.0 Å². The Balaban J connectivity index is 0.000001000. The van der Waals surface area contributed by atoms with E-state index in [4.69, 9.17) is 11.6 Å². The molecule has 0 saturated heterocycles. The summed E-state index contributed by atoms with van der Waals surface area (Å²) in [6.45, 7) is 0. The van der Waals surface area contributed by atoms with E-state index >= 15 is 0 Å². The Labute approximate surface area is 160 Å². The summed E-state index contributed by atoms with van der Waals surface area (Å²) in [5.41, 5.74) is 3.43. The normalized spacial score (nSPS) is 12.5. The van der Waals surface area contributed by atoms with Gasteiger partial charge in [-0.3, -0.25) is 4.55 Å². The molecule has 94 valence electrons. The molecule has 0 atom stereocenters. The molecule has 0 bridgehead atoms. The molecule has 1 aliphatic rings. The molecule has 2 aromatic rings. The SMILES string of the molecule is O=S(=O)(O)c1c(Cl)ccc2c1Cc1ccccc1-2.[H-].[K+]. The second-order valence-electron chi connectivity index (χ2n) is 4.21. The van der Waals surface area contributed by atoms with Gasteiger partial charge in [0.05, 0.1) is 5.02 Å². The van der Waals surface area contributed by atoms with Gasteiger partial charge in [0, 0.05) is 6.42 Å². The summed E-state index contributed by atoms with van der Waals surface area (Å²) < 4.78 is 32.2. The number of hydrogen-bond donors (Lipinski definition) is 1. The van der Waals surface area contributed by atoms with E-state index in [2.05, 4.69) is 0 Å². The van der Waals surface area contributed by atoms with E-state index in [-0.39, 0.29) is 62.7 Å². The molecule has 0 unspecified atom stereocenters. The van der Waals surface area contributed by atoms with Gasteiger partial charge in [-0.25, -0.2) is 0 Å². The molecule has 0 radical (unpaired) electrons. The van der Waals surface area contributed by atoms with Gasteiger partial charge in [-0.1, -0.05) is 41.9 Å². The molecule has 3 rings (SSSR count). The fraction of sp³-hybridized carbons (Fsp3) is 0.0769. The van der Waals surface area contributed by atoms with Crippen molar-refractivity contribution in [2.24, 2.45) is 0 Å². The zero-order valence-electron chi connectivity index (χ0n) is 11.2. The topological polar surface area (TPSA) is 54.4 Å². The van der Waals surface area contributed by atoms with Crippen LogP contribution in [0, 0.1) is 0 Å². The third kappa shape index (κ3) is 2.71. The van der Waals surface area contributed by atoms with Crippen molar-refractivity contribution in [2.45, 2.75) is 11.3 Å². The molecule has 19 heavy (non-hydrogen) atoms. The molecule has 0 fully saturated rings. The second-order valence-corrected chi connectivity index (χ2v) is 5.98. The van der Waals surface area contributed by atoms with E-state index in [1.54, 1.807) is 6.07 Å². The summed E-state index contributed by atoms with van der Waals surface area (Å²) in [6.07, 6.45) is 0.473. The minimum absolute atomic E-state index is 0. The second kappa shape index (κ2) is 5.58. The Kier molecular flexibility index (Phi) is 4.60. The van der Waals surface area contributed by atoms with Crippen LogP contribution in [0.15, 0.2) is 41.3 Å². The van der Waals surface area contributed by atoms with E-state index in [1.807, 2.05) is 24.3 Å². The number of benzene rings is 2. The van der Waals surface area contributed by atoms with E-state index in [0.717, 1.165) is 16.7 Å². The van der Waals surface area contributed by atoms with Gasteiger partial charge >= 0.3 is 51.4 Å². The van der Waals surface area contributed by atoms with Crippen molar-refractivity contribution in [3.63, 3.8) is 0 Å². The summed E-state index contributed by atoms with van der Waals surface area (Å²) in [4.78, 5) is -0.169. The largest absolute Gasteiger partial charge is 1.00 e. The van der Waals surface area contributed by atoms with Gasteiger partial charge in [-0.2, -0.15) is 8.42 Å². The summed E-state index contributed by atoms with van der Waals surface area (Å²) in [6, 6.07) is 11.0. The number of halogens is 1. The zero-order chi connectivity index (χ0) is 12.9. The predicted octanol–water partition coefficient (Wildman–Crippen LogP) is 0.274. The molecule has 0 amide bonds. The van der Waals surface area contributed by atoms with Crippen LogP contribution in [0.4, 0.5) is 0 Å². The van der Waals surface area contributed by atoms with E-state index in [1.165, 1.54) is 6.07 Å². The Bertz CT molecular complexity index is 762. The molecule has 0 spiro atoms. The molecular formula is C13H10ClKO3S. The molecule has 6 heteroatoms. The monoisotopic (exact) mass is 320 g/mol. The fourth-order valence-electron chi connectivity index (χ4n) is 2.43. The van der Waals surface area contributed by atoms with Crippen LogP contribution in [0.5, 0.6) is 0 Å². The third-order valence-electron chi connectivity index (χ3n) is 3.15. The maximum absolute atomic E-state index is 11.4. The summed E-state index contributed by atoms with van der Waals surface area (Å²) in [7, 11) is -4.31. The smallest absolute Gasteiger partial charge is 1.00 e. The Morgan fingerprint density at radius 1 is 1.11 bits per heavy atom. The number of fused-ring (bicyclic) bond motifs is 3. The first-order chi connectivity index (χ1) is 8.48. The van der Waals surface area contributed by atoms with Gasteiger partial charge in [0.15, 0.2) is 0 Å². The molecule has 0 aromatic heterocycles. The van der Waals surface area contributed by atoms with Crippen molar-refractivity contribution >= 4 is 21.7 Å². The van der Waals surface area contributed by atoms with Crippen LogP contribution in [-0.2, 0) is 16.5 Å². The van der Waals surface area contributed by atoms with Crippen LogP contribution in [0.2, 0.25) is 5.02 Å². The summed E-state index contributed by atoms with van der Waals surface area (Å²) >= 11 is 5.90. The van der Waals surface area contributed by atoms with Gasteiger partial charge in [0.1, 0.15) is 4.90 Å². The van der Waals surface area contributed by atoms with Gasteiger partial charge in [0.25, 0.3) is 10.1 Å². The quantitative estimate of drug-likeness (QED) is 0.517. The first-order valence-corrected chi connectivity index (χ1v) is 7.17. The van der Waals surface area contributed by atoms with E-state index in [0.29, 0.717) is 12.0 Å². The van der Waals surface area contributed by atoms with Crippen LogP contribution in [0.3, 0.4) is 0 Å². The first kappa shape index (κ1) is 15.7. The molecule has 0 saturated carbocycles. The minimum atomic E-state index is -4.31. The Morgan fingerprint density at radius 2 is 1.79 bits per heavy atom. The maximum Gasteiger partial charge on any atom is 1.00 e. The van der Waals surface area contributed by atoms with Crippen molar-refractivity contribution in [1.29, 1.82) is 0 Å².